The van der Waals surface area contributed by atoms with Crippen LogP contribution in [0.1, 0.15) is 13.8 Å². The highest BCUT2D eigenvalue weighted by Crippen LogP contribution is 2.43. The third-order valence-corrected chi connectivity index (χ3v) is 4.26. The minimum absolute atomic E-state index is 0.120. The summed E-state index contributed by atoms with van der Waals surface area (Å²) in [6.45, 7) is 1.59. The molecular formula is C10H20F3N2O4P. The first kappa shape index (κ1) is 19.4. The second kappa shape index (κ2) is 8.61. The van der Waals surface area contributed by atoms with Crippen molar-refractivity contribution in [2.75, 3.05) is 33.0 Å². The molecule has 0 saturated heterocycles. The summed E-state index contributed by atoms with van der Waals surface area (Å²) in [5.74, 6) is -0.701. The SMILES string of the molecule is CCOC(=O)[C@H](C)N[P@@](=O)(CCNC)OCC(F)(F)F. The second-order valence-electron chi connectivity index (χ2n) is 3.99. The number of hydrogen-bond donors (Lipinski definition) is 2. The Morgan fingerprint density at radius 3 is 2.45 bits per heavy atom. The van der Waals surface area contributed by atoms with Crippen molar-refractivity contribution >= 4 is 13.5 Å². The predicted octanol–water partition coefficient (Wildman–Crippen LogP) is 1.52. The minimum Gasteiger partial charge on any atom is -0.465 e. The molecule has 0 saturated carbocycles. The molecule has 0 radical (unpaired) electrons. The quantitative estimate of drug-likeness (QED) is 0.495. The zero-order valence-electron chi connectivity index (χ0n) is 11.6. The Bertz CT molecular complexity index is 352. The monoisotopic (exact) mass is 320 g/mol. The summed E-state index contributed by atoms with van der Waals surface area (Å²) in [6, 6.07) is -1.02. The highest BCUT2D eigenvalue weighted by atomic mass is 31.2. The molecule has 20 heavy (non-hydrogen) atoms. The van der Waals surface area contributed by atoms with Crippen LogP contribution >= 0.6 is 7.52 Å². The molecule has 0 aliphatic rings. The lowest BCUT2D eigenvalue weighted by atomic mass is 10.4. The van der Waals surface area contributed by atoms with Crippen molar-refractivity contribution in [2.24, 2.45) is 0 Å². The molecule has 2 N–H and O–H groups in total. The van der Waals surface area contributed by atoms with Crippen LogP contribution in [0.25, 0.3) is 0 Å². The van der Waals surface area contributed by atoms with Gasteiger partial charge in [0.2, 0.25) is 0 Å². The molecule has 0 amide bonds. The van der Waals surface area contributed by atoms with Gasteiger partial charge >= 0.3 is 12.1 Å². The van der Waals surface area contributed by atoms with Crippen LogP contribution in [0.2, 0.25) is 0 Å². The van der Waals surface area contributed by atoms with E-state index < -0.39 is 32.3 Å². The number of alkyl halides is 3. The average Bonchev–Trinajstić information content (AvgIpc) is 2.34. The van der Waals surface area contributed by atoms with Crippen molar-refractivity contribution < 1.29 is 31.8 Å². The zero-order chi connectivity index (χ0) is 15.8. The van der Waals surface area contributed by atoms with Crippen LogP contribution < -0.4 is 10.4 Å². The summed E-state index contributed by atoms with van der Waals surface area (Å²) >= 11 is 0. The van der Waals surface area contributed by atoms with Gasteiger partial charge in [-0.05, 0) is 20.9 Å². The Morgan fingerprint density at radius 2 is 2.00 bits per heavy atom. The maximum atomic E-state index is 12.3. The van der Waals surface area contributed by atoms with Gasteiger partial charge in [0.1, 0.15) is 6.04 Å². The summed E-state index contributed by atoms with van der Waals surface area (Å²) in [4.78, 5) is 11.4. The average molecular weight is 320 g/mol. The smallest absolute Gasteiger partial charge is 0.412 e. The van der Waals surface area contributed by atoms with Crippen LogP contribution in [0, 0.1) is 0 Å². The Labute approximate surface area is 115 Å². The molecule has 0 aromatic heterocycles. The fourth-order valence-corrected chi connectivity index (χ4v) is 3.12. The molecule has 0 aromatic carbocycles. The number of halogens is 3. The molecule has 0 unspecified atom stereocenters. The Hall–Kier alpha value is -0.630. The van der Waals surface area contributed by atoms with E-state index in [1.807, 2.05) is 0 Å². The van der Waals surface area contributed by atoms with Crippen LogP contribution in [0.4, 0.5) is 13.2 Å². The maximum Gasteiger partial charge on any atom is 0.412 e. The van der Waals surface area contributed by atoms with E-state index in [0.29, 0.717) is 0 Å². The Balaban J connectivity index is 4.68. The van der Waals surface area contributed by atoms with E-state index in [9.17, 15) is 22.5 Å². The minimum atomic E-state index is -4.59. The van der Waals surface area contributed by atoms with Crippen molar-refractivity contribution in [2.45, 2.75) is 26.1 Å². The highest BCUT2D eigenvalue weighted by Gasteiger charge is 2.35. The van der Waals surface area contributed by atoms with E-state index in [0.717, 1.165) is 0 Å². The van der Waals surface area contributed by atoms with E-state index in [1.165, 1.54) is 6.92 Å². The topological polar surface area (TPSA) is 76.7 Å². The largest absolute Gasteiger partial charge is 0.465 e. The molecule has 6 nitrogen and oxygen atoms in total. The molecule has 0 aliphatic heterocycles. The third kappa shape index (κ3) is 8.52. The van der Waals surface area contributed by atoms with Crippen LogP contribution in [0.3, 0.4) is 0 Å². The Kier molecular flexibility index (Phi) is 8.34. The molecule has 0 bridgehead atoms. The predicted molar refractivity (Wildman–Crippen MR) is 67.6 cm³/mol. The first-order valence-corrected chi connectivity index (χ1v) is 7.84. The molecule has 2 atom stereocenters. The second-order valence-corrected chi connectivity index (χ2v) is 6.30. The lowest BCUT2D eigenvalue weighted by Crippen LogP contribution is -2.36. The number of nitrogens with one attached hydrogen (secondary N) is 2. The number of ether oxygens (including phenoxy) is 1. The van der Waals surface area contributed by atoms with Gasteiger partial charge in [-0.3, -0.25) is 9.36 Å². The van der Waals surface area contributed by atoms with E-state index in [1.54, 1.807) is 14.0 Å². The van der Waals surface area contributed by atoms with Gasteiger partial charge in [-0.2, -0.15) is 13.2 Å². The Morgan fingerprint density at radius 1 is 1.40 bits per heavy atom. The number of rotatable bonds is 9. The van der Waals surface area contributed by atoms with Crippen molar-refractivity contribution in [3.05, 3.63) is 0 Å². The van der Waals surface area contributed by atoms with Crippen LogP contribution in [-0.2, 0) is 18.6 Å². The van der Waals surface area contributed by atoms with E-state index in [-0.39, 0.29) is 19.3 Å². The van der Waals surface area contributed by atoms with Gasteiger partial charge in [0.25, 0.3) is 7.52 Å². The number of carbonyl (C=O) groups is 1. The molecule has 120 valence electrons. The summed E-state index contributed by atoms with van der Waals surface area (Å²) in [6.07, 6.45) is -4.77. The van der Waals surface area contributed by atoms with Gasteiger partial charge in [0.15, 0.2) is 6.61 Å². The van der Waals surface area contributed by atoms with E-state index in [2.05, 4.69) is 19.7 Å². The maximum absolute atomic E-state index is 12.3. The van der Waals surface area contributed by atoms with E-state index in [4.69, 9.17) is 0 Å². The van der Waals surface area contributed by atoms with Gasteiger partial charge in [0, 0.05) is 6.54 Å². The van der Waals surface area contributed by atoms with Gasteiger partial charge in [0.05, 0.1) is 12.8 Å². The van der Waals surface area contributed by atoms with Crippen LogP contribution in [0.15, 0.2) is 0 Å². The number of esters is 1. The number of carbonyl (C=O) groups excluding carboxylic acids is 1. The van der Waals surface area contributed by atoms with Crippen molar-refractivity contribution in [3.63, 3.8) is 0 Å². The summed E-state index contributed by atoms with van der Waals surface area (Å²) < 4.78 is 57.8. The first-order chi connectivity index (χ1) is 9.13. The van der Waals surface area contributed by atoms with Gasteiger partial charge in [-0.15, -0.1) is 0 Å². The fourth-order valence-electron chi connectivity index (χ4n) is 1.22. The van der Waals surface area contributed by atoms with Gasteiger partial charge < -0.3 is 14.6 Å². The highest BCUT2D eigenvalue weighted by molar-refractivity contribution is 7.56. The first-order valence-electron chi connectivity index (χ1n) is 6.03. The molecular weight excluding hydrogens is 300 g/mol. The molecule has 0 aromatic rings. The number of hydrogen-bond acceptors (Lipinski definition) is 5. The van der Waals surface area contributed by atoms with Crippen molar-refractivity contribution in [3.8, 4) is 0 Å². The van der Waals surface area contributed by atoms with Crippen molar-refractivity contribution in [1.82, 2.24) is 10.4 Å². The zero-order valence-corrected chi connectivity index (χ0v) is 12.5. The molecule has 0 spiro atoms. The molecule has 0 heterocycles. The molecule has 0 fully saturated rings. The molecule has 0 aliphatic carbocycles. The van der Waals surface area contributed by atoms with Gasteiger partial charge in [-0.25, -0.2) is 5.09 Å². The van der Waals surface area contributed by atoms with E-state index >= 15 is 0 Å². The normalized spacial score (nSPS) is 16.5. The lowest BCUT2D eigenvalue weighted by molar-refractivity contribution is -0.153. The molecule has 0 rings (SSSR count). The summed E-state index contributed by atoms with van der Waals surface area (Å²) in [7, 11) is -2.24. The van der Waals surface area contributed by atoms with Crippen LogP contribution in [-0.4, -0.2) is 51.2 Å². The van der Waals surface area contributed by atoms with Crippen LogP contribution in [0.5, 0.6) is 0 Å². The summed E-state index contributed by atoms with van der Waals surface area (Å²) in [5.41, 5.74) is 0. The third-order valence-electron chi connectivity index (χ3n) is 2.12. The van der Waals surface area contributed by atoms with Gasteiger partial charge in [-0.1, -0.05) is 0 Å². The lowest BCUT2D eigenvalue weighted by Gasteiger charge is -2.23. The molecule has 10 heteroatoms. The van der Waals surface area contributed by atoms with Crippen molar-refractivity contribution in [1.29, 1.82) is 0 Å². The standard InChI is InChI=1S/C10H20F3N2O4P/c1-4-18-9(16)8(2)15-20(17,6-5-14-3)19-7-10(11,12)13/h8,14H,4-7H2,1-3H3,(H,15,17)/t8-,20+/m0/s1. The fraction of sp³-hybridized carbons (Fsp3) is 0.900. The summed E-state index contributed by atoms with van der Waals surface area (Å²) in [5, 5.41) is 4.96.